The number of nitrogens with one attached hydrogen (secondary N) is 3. The van der Waals surface area contributed by atoms with Crippen LogP contribution in [0.5, 0.6) is 0 Å². The van der Waals surface area contributed by atoms with Gasteiger partial charge in [0.05, 0.1) is 6.04 Å². The minimum Gasteiger partial charge on any atom is -0.370 e. The SMILES string of the molecule is CN=C(N)NCCCC1NC(CNC(=O)C2CCCC2)CCN(CC(c2ccccc2)c2ccccc2)C1=O. The third-order valence-electron chi connectivity index (χ3n) is 8.07. The summed E-state index contributed by atoms with van der Waals surface area (Å²) in [5.41, 5.74) is 8.18. The van der Waals surface area contributed by atoms with Crippen molar-refractivity contribution in [2.45, 2.75) is 62.9 Å². The van der Waals surface area contributed by atoms with Gasteiger partial charge >= 0.3 is 0 Å². The average molecular weight is 533 g/mol. The van der Waals surface area contributed by atoms with Crippen LogP contribution in [0.1, 0.15) is 62.0 Å². The van der Waals surface area contributed by atoms with Crippen molar-refractivity contribution in [1.82, 2.24) is 20.9 Å². The number of carbonyl (C=O) groups is 2. The van der Waals surface area contributed by atoms with Crippen molar-refractivity contribution in [3.63, 3.8) is 0 Å². The maximum atomic E-state index is 13.9. The van der Waals surface area contributed by atoms with Gasteiger partial charge in [-0.2, -0.15) is 0 Å². The summed E-state index contributed by atoms with van der Waals surface area (Å²) < 4.78 is 0. The first-order chi connectivity index (χ1) is 19.0. The summed E-state index contributed by atoms with van der Waals surface area (Å²) in [6, 6.07) is 20.6. The Bertz CT molecular complexity index is 1030. The van der Waals surface area contributed by atoms with Crippen LogP contribution in [0.25, 0.3) is 0 Å². The molecule has 2 atom stereocenters. The Labute approximate surface area is 232 Å². The zero-order valence-corrected chi connectivity index (χ0v) is 23.1. The van der Waals surface area contributed by atoms with E-state index in [0.717, 1.165) is 38.5 Å². The van der Waals surface area contributed by atoms with Gasteiger partial charge in [0.2, 0.25) is 11.8 Å². The van der Waals surface area contributed by atoms with Gasteiger partial charge in [0.15, 0.2) is 5.96 Å². The maximum absolute atomic E-state index is 13.9. The number of aliphatic imine (C=N–C) groups is 1. The Kier molecular flexibility index (Phi) is 10.8. The van der Waals surface area contributed by atoms with Crippen LogP contribution in [-0.2, 0) is 9.59 Å². The van der Waals surface area contributed by atoms with Crippen LogP contribution >= 0.6 is 0 Å². The first-order valence-corrected chi connectivity index (χ1v) is 14.4. The standard InChI is InChI=1S/C31H44N6O2/c1-33-31(32)34-19-10-17-28-30(39)37(20-18-26(36-28)21-35-29(38)25-15-8-9-16-25)22-27(23-11-4-2-5-12-23)24-13-6-3-7-14-24/h2-7,11-14,25-28,36H,8-10,15-22H2,1H3,(H,35,38)(H3,32,33,34). The third kappa shape index (κ3) is 8.30. The van der Waals surface area contributed by atoms with Gasteiger partial charge in [-0.25, -0.2) is 0 Å². The van der Waals surface area contributed by atoms with E-state index in [9.17, 15) is 9.59 Å². The summed E-state index contributed by atoms with van der Waals surface area (Å²) in [5.74, 6) is 0.897. The van der Waals surface area contributed by atoms with Crippen molar-refractivity contribution in [1.29, 1.82) is 0 Å². The Morgan fingerprint density at radius 2 is 1.67 bits per heavy atom. The molecule has 4 rings (SSSR count). The Morgan fingerprint density at radius 1 is 1.03 bits per heavy atom. The molecule has 1 aliphatic carbocycles. The van der Waals surface area contributed by atoms with Crippen molar-refractivity contribution >= 4 is 17.8 Å². The van der Waals surface area contributed by atoms with Crippen LogP contribution in [-0.4, -0.2) is 68.0 Å². The molecule has 2 fully saturated rings. The van der Waals surface area contributed by atoms with E-state index in [0.29, 0.717) is 38.6 Å². The molecule has 2 aromatic carbocycles. The molecule has 0 spiro atoms. The highest BCUT2D eigenvalue weighted by Gasteiger charge is 2.33. The fraction of sp³-hybridized carbons (Fsp3) is 0.516. The van der Waals surface area contributed by atoms with Crippen LogP contribution < -0.4 is 21.7 Å². The molecule has 8 nitrogen and oxygen atoms in total. The molecule has 210 valence electrons. The van der Waals surface area contributed by atoms with Crippen LogP contribution in [0.4, 0.5) is 0 Å². The monoisotopic (exact) mass is 532 g/mol. The number of guanidine groups is 1. The molecule has 1 heterocycles. The van der Waals surface area contributed by atoms with Gasteiger partial charge in [-0.05, 0) is 43.2 Å². The largest absolute Gasteiger partial charge is 0.370 e. The molecule has 8 heteroatoms. The molecular formula is C31H44N6O2. The van der Waals surface area contributed by atoms with Gasteiger partial charge in [0, 0.05) is 51.1 Å². The second-order valence-corrected chi connectivity index (χ2v) is 10.8. The van der Waals surface area contributed by atoms with Crippen molar-refractivity contribution in [3.8, 4) is 0 Å². The highest BCUT2D eigenvalue weighted by atomic mass is 16.2. The van der Waals surface area contributed by atoms with Gasteiger partial charge in [-0.15, -0.1) is 0 Å². The molecule has 2 aromatic rings. The molecule has 2 unspecified atom stereocenters. The normalized spacial score (nSPS) is 20.7. The average Bonchev–Trinajstić information content (AvgIpc) is 3.48. The predicted octanol–water partition coefficient (Wildman–Crippen LogP) is 3.00. The smallest absolute Gasteiger partial charge is 0.239 e. The zero-order chi connectivity index (χ0) is 27.5. The van der Waals surface area contributed by atoms with Crippen molar-refractivity contribution in [2.24, 2.45) is 16.6 Å². The van der Waals surface area contributed by atoms with Gasteiger partial charge in [-0.3, -0.25) is 14.6 Å². The van der Waals surface area contributed by atoms with E-state index in [-0.39, 0.29) is 35.7 Å². The summed E-state index contributed by atoms with van der Waals surface area (Å²) in [5, 5.41) is 9.87. The first kappa shape index (κ1) is 28.6. The molecule has 1 saturated carbocycles. The molecule has 1 aliphatic heterocycles. The van der Waals surface area contributed by atoms with Crippen molar-refractivity contribution < 1.29 is 9.59 Å². The molecule has 39 heavy (non-hydrogen) atoms. The Morgan fingerprint density at radius 3 is 2.28 bits per heavy atom. The number of nitrogens with zero attached hydrogens (tertiary/aromatic N) is 2. The van der Waals surface area contributed by atoms with Crippen molar-refractivity contribution in [3.05, 3.63) is 71.8 Å². The minimum absolute atomic E-state index is 0.0384. The number of benzene rings is 2. The zero-order valence-electron chi connectivity index (χ0n) is 23.1. The first-order valence-electron chi connectivity index (χ1n) is 14.4. The highest BCUT2D eigenvalue weighted by molar-refractivity contribution is 5.82. The fourth-order valence-corrected chi connectivity index (χ4v) is 5.78. The summed E-state index contributed by atoms with van der Waals surface area (Å²) in [6.45, 7) is 2.45. The van der Waals surface area contributed by atoms with E-state index in [1.165, 1.54) is 11.1 Å². The molecule has 2 aliphatic rings. The Balaban J connectivity index is 1.47. The summed E-state index contributed by atoms with van der Waals surface area (Å²) in [7, 11) is 1.65. The lowest BCUT2D eigenvalue weighted by molar-refractivity contribution is -0.133. The second kappa shape index (κ2) is 14.7. The summed E-state index contributed by atoms with van der Waals surface area (Å²) in [4.78, 5) is 32.6. The second-order valence-electron chi connectivity index (χ2n) is 10.8. The van der Waals surface area contributed by atoms with Gasteiger partial charge < -0.3 is 26.6 Å². The summed E-state index contributed by atoms with van der Waals surface area (Å²) in [6.07, 6.45) is 6.47. The van der Waals surface area contributed by atoms with Crippen LogP contribution in [0.3, 0.4) is 0 Å². The quantitative estimate of drug-likeness (QED) is 0.202. The molecule has 2 amide bonds. The Hall–Kier alpha value is -3.39. The van der Waals surface area contributed by atoms with E-state index < -0.39 is 0 Å². The van der Waals surface area contributed by atoms with Gasteiger partial charge in [0.25, 0.3) is 0 Å². The number of amides is 2. The molecule has 0 aromatic heterocycles. The third-order valence-corrected chi connectivity index (χ3v) is 8.07. The number of nitrogens with two attached hydrogens (primary N) is 1. The minimum atomic E-state index is -0.324. The molecular weight excluding hydrogens is 488 g/mol. The maximum Gasteiger partial charge on any atom is 0.239 e. The number of hydrogen-bond donors (Lipinski definition) is 4. The van der Waals surface area contributed by atoms with E-state index in [1.807, 2.05) is 17.0 Å². The molecule has 0 bridgehead atoms. The lowest BCUT2D eigenvalue weighted by Crippen LogP contribution is -2.49. The van der Waals surface area contributed by atoms with Gasteiger partial charge in [0.1, 0.15) is 0 Å². The van der Waals surface area contributed by atoms with E-state index >= 15 is 0 Å². The van der Waals surface area contributed by atoms with Crippen LogP contribution in [0, 0.1) is 5.92 Å². The number of carbonyl (C=O) groups excluding carboxylic acids is 2. The van der Waals surface area contributed by atoms with Crippen LogP contribution in [0.2, 0.25) is 0 Å². The van der Waals surface area contributed by atoms with Crippen molar-refractivity contribution in [2.75, 3.05) is 33.2 Å². The fourth-order valence-electron chi connectivity index (χ4n) is 5.78. The van der Waals surface area contributed by atoms with E-state index in [1.54, 1.807) is 7.05 Å². The lowest BCUT2D eigenvalue weighted by atomic mass is 9.90. The number of rotatable bonds is 11. The predicted molar refractivity (Wildman–Crippen MR) is 156 cm³/mol. The molecule has 0 radical (unpaired) electrons. The van der Waals surface area contributed by atoms with E-state index in [2.05, 4.69) is 69.5 Å². The summed E-state index contributed by atoms with van der Waals surface area (Å²) >= 11 is 0. The molecule has 5 N–H and O–H groups in total. The lowest BCUT2D eigenvalue weighted by Gasteiger charge is -2.29. The van der Waals surface area contributed by atoms with Gasteiger partial charge in [-0.1, -0.05) is 73.5 Å². The topological polar surface area (TPSA) is 112 Å². The number of hydrogen-bond acceptors (Lipinski definition) is 4. The highest BCUT2D eigenvalue weighted by Crippen LogP contribution is 2.27. The van der Waals surface area contributed by atoms with E-state index in [4.69, 9.17) is 5.73 Å². The molecule has 1 saturated heterocycles. The van der Waals surface area contributed by atoms with Crippen LogP contribution in [0.15, 0.2) is 65.7 Å².